The minimum Gasteiger partial charge on any atom is -0.497 e. The highest BCUT2D eigenvalue weighted by atomic mass is 32.2. The molecule has 2 aromatic rings. The largest absolute Gasteiger partial charge is 0.497 e. The highest BCUT2D eigenvalue weighted by Gasteiger charge is 2.34. The molecular formula is C20H18N2O3S. The van der Waals surface area contributed by atoms with Crippen LogP contribution in [0.5, 0.6) is 5.75 Å². The van der Waals surface area contributed by atoms with Gasteiger partial charge in [-0.05, 0) is 47.7 Å². The smallest absolute Gasteiger partial charge is 0.295 e. The molecule has 1 saturated heterocycles. The second-order valence-electron chi connectivity index (χ2n) is 5.47. The number of rotatable bonds is 6. The van der Waals surface area contributed by atoms with Crippen LogP contribution in [0, 0.1) is 0 Å². The van der Waals surface area contributed by atoms with Gasteiger partial charge < -0.3 is 10.1 Å². The number of benzene rings is 2. The summed E-state index contributed by atoms with van der Waals surface area (Å²) < 4.78 is 5.10. The molecule has 6 heteroatoms. The van der Waals surface area contributed by atoms with Crippen LogP contribution in [0.25, 0.3) is 6.08 Å². The summed E-state index contributed by atoms with van der Waals surface area (Å²) in [6, 6.07) is 17.0. The first-order chi connectivity index (χ1) is 12.7. The Morgan fingerprint density at radius 2 is 1.81 bits per heavy atom. The molecule has 3 rings (SSSR count). The van der Waals surface area contributed by atoms with Crippen molar-refractivity contribution >= 4 is 34.7 Å². The third-order valence-corrected chi connectivity index (χ3v) is 4.67. The van der Waals surface area contributed by atoms with Crippen molar-refractivity contribution in [2.75, 3.05) is 19.1 Å². The van der Waals surface area contributed by atoms with Gasteiger partial charge in [0.1, 0.15) is 5.75 Å². The average Bonchev–Trinajstić information content (AvgIpc) is 2.94. The molecule has 1 N–H and O–H groups in total. The maximum atomic E-state index is 12.4. The van der Waals surface area contributed by atoms with Gasteiger partial charge in [-0.1, -0.05) is 42.5 Å². The Balaban J connectivity index is 1.61. The SMILES string of the molecule is COc1ccc(NCN2C(=O)S/C(=C\C=C\c3ccccc3)C2=O)cc1. The van der Waals surface area contributed by atoms with Gasteiger partial charge in [-0.2, -0.15) is 0 Å². The fourth-order valence-electron chi connectivity index (χ4n) is 2.34. The Kier molecular flexibility index (Phi) is 5.76. The van der Waals surface area contributed by atoms with E-state index in [4.69, 9.17) is 4.74 Å². The highest BCUT2D eigenvalue weighted by molar-refractivity contribution is 8.18. The predicted molar refractivity (Wildman–Crippen MR) is 105 cm³/mol. The summed E-state index contributed by atoms with van der Waals surface area (Å²) in [6.07, 6.45) is 5.35. The first kappa shape index (κ1) is 17.8. The highest BCUT2D eigenvalue weighted by Crippen LogP contribution is 2.30. The number of thioether (sulfide) groups is 1. The zero-order chi connectivity index (χ0) is 18.4. The second-order valence-corrected chi connectivity index (χ2v) is 6.46. The number of allylic oxidation sites excluding steroid dienone is 2. The molecule has 2 aromatic carbocycles. The van der Waals surface area contributed by atoms with E-state index in [1.165, 1.54) is 4.90 Å². The first-order valence-electron chi connectivity index (χ1n) is 8.02. The van der Waals surface area contributed by atoms with Crippen molar-refractivity contribution in [3.8, 4) is 5.75 Å². The number of methoxy groups -OCH3 is 1. The number of carbonyl (C=O) groups excluding carboxylic acids is 2. The summed E-state index contributed by atoms with van der Waals surface area (Å²) in [5.74, 6) is 0.452. The topological polar surface area (TPSA) is 58.6 Å². The molecule has 0 radical (unpaired) electrons. The molecule has 0 spiro atoms. The number of hydrogen-bond acceptors (Lipinski definition) is 5. The van der Waals surface area contributed by atoms with Gasteiger partial charge in [0.05, 0.1) is 18.7 Å². The molecule has 26 heavy (non-hydrogen) atoms. The zero-order valence-corrected chi connectivity index (χ0v) is 15.0. The molecule has 0 aliphatic carbocycles. The summed E-state index contributed by atoms with van der Waals surface area (Å²) in [7, 11) is 1.60. The lowest BCUT2D eigenvalue weighted by Gasteiger charge is -2.14. The van der Waals surface area contributed by atoms with E-state index in [0.29, 0.717) is 4.91 Å². The number of nitrogens with one attached hydrogen (secondary N) is 1. The molecule has 1 fully saturated rings. The molecule has 2 amide bonds. The molecule has 1 heterocycles. The van der Waals surface area contributed by atoms with Crippen molar-refractivity contribution < 1.29 is 14.3 Å². The summed E-state index contributed by atoms with van der Waals surface area (Å²) in [5.41, 5.74) is 1.84. The molecule has 0 bridgehead atoms. The van der Waals surface area contributed by atoms with Gasteiger partial charge in [0.2, 0.25) is 0 Å². The maximum Gasteiger partial charge on any atom is 0.295 e. The van der Waals surface area contributed by atoms with Gasteiger partial charge in [0, 0.05) is 5.69 Å². The zero-order valence-electron chi connectivity index (χ0n) is 14.2. The normalized spacial score (nSPS) is 15.9. The number of hydrogen-bond donors (Lipinski definition) is 1. The maximum absolute atomic E-state index is 12.4. The van der Waals surface area contributed by atoms with Crippen LogP contribution < -0.4 is 10.1 Å². The summed E-state index contributed by atoms with van der Waals surface area (Å²) in [4.78, 5) is 26.1. The third kappa shape index (κ3) is 4.34. The van der Waals surface area contributed by atoms with E-state index in [-0.39, 0.29) is 17.8 Å². The van der Waals surface area contributed by atoms with Gasteiger partial charge in [0.25, 0.3) is 11.1 Å². The lowest BCUT2D eigenvalue weighted by molar-refractivity contribution is -0.122. The lowest BCUT2D eigenvalue weighted by Crippen LogP contribution is -2.33. The molecule has 0 aromatic heterocycles. The fraction of sp³-hybridized carbons (Fsp3) is 0.100. The van der Waals surface area contributed by atoms with Crippen LogP contribution in [0.15, 0.2) is 71.7 Å². The van der Waals surface area contributed by atoms with Crippen LogP contribution in [0.3, 0.4) is 0 Å². The Morgan fingerprint density at radius 1 is 1.08 bits per heavy atom. The number of anilines is 1. The molecule has 0 saturated carbocycles. The number of carbonyl (C=O) groups is 2. The van der Waals surface area contributed by atoms with Gasteiger partial charge in [-0.3, -0.25) is 14.5 Å². The van der Waals surface area contributed by atoms with Crippen LogP contribution in [-0.4, -0.2) is 29.8 Å². The van der Waals surface area contributed by atoms with Crippen LogP contribution in [0.1, 0.15) is 5.56 Å². The minimum absolute atomic E-state index is 0.122. The Labute approximate surface area is 156 Å². The summed E-state index contributed by atoms with van der Waals surface area (Å²) in [5, 5.41) is 2.79. The quantitative estimate of drug-likeness (QED) is 0.770. The average molecular weight is 366 g/mol. The molecule has 5 nitrogen and oxygen atoms in total. The fourth-order valence-corrected chi connectivity index (χ4v) is 3.13. The van der Waals surface area contributed by atoms with Crippen LogP contribution in [-0.2, 0) is 4.79 Å². The lowest BCUT2D eigenvalue weighted by atomic mass is 10.2. The molecule has 132 valence electrons. The van der Waals surface area contributed by atoms with Gasteiger partial charge in [-0.15, -0.1) is 0 Å². The third-order valence-electron chi connectivity index (χ3n) is 3.74. The van der Waals surface area contributed by atoms with E-state index in [9.17, 15) is 9.59 Å². The summed E-state index contributed by atoms with van der Waals surface area (Å²) >= 11 is 0.945. The van der Waals surface area contributed by atoms with E-state index in [2.05, 4.69) is 5.32 Å². The predicted octanol–water partition coefficient (Wildman–Crippen LogP) is 4.36. The minimum atomic E-state index is -0.293. The molecular weight excluding hydrogens is 348 g/mol. The van der Waals surface area contributed by atoms with E-state index < -0.39 is 0 Å². The summed E-state index contributed by atoms with van der Waals surface area (Å²) in [6.45, 7) is 0.122. The molecule has 0 atom stereocenters. The molecule has 1 aliphatic heterocycles. The Hall–Kier alpha value is -2.99. The van der Waals surface area contributed by atoms with E-state index >= 15 is 0 Å². The standard InChI is InChI=1S/C20H18N2O3S/c1-25-17-12-10-16(11-13-17)21-14-22-19(23)18(26-20(22)24)9-5-8-15-6-3-2-4-7-15/h2-13,21H,14H2,1H3/b8-5+,18-9-. The number of ether oxygens (including phenoxy) is 1. The second kappa shape index (κ2) is 8.40. The van der Waals surface area contributed by atoms with Crippen molar-refractivity contribution in [2.24, 2.45) is 0 Å². The van der Waals surface area contributed by atoms with Crippen LogP contribution in [0.2, 0.25) is 0 Å². The van der Waals surface area contributed by atoms with E-state index in [1.807, 2.05) is 60.7 Å². The van der Waals surface area contributed by atoms with Gasteiger partial charge >= 0.3 is 0 Å². The number of imide groups is 1. The molecule has 1 aliphatic rings. The van der Waals surface area contributed by atoms with Crippen LogP contribution in [0.4, 0.5) is 10.5 Å². The Bertz CT molecular complexity index is 845. The van der Waals surface area contributed by atoms with Gasteiger partial charge in [0.15, 0.2) is 0 Å². The number of nitrogens with zero attached hydrogens (tertiary/aromatic N) is 1. The molecule has 0 unspecified atom stereocenters. The van der Waals surface area contributed by atoms with E-state index in [0.717, 1.165) is 28.8 Å². The van der Waals surface area contributed by atoms with E-state index in [1.54, 1.807) is 19.3 Å². The monoisotopic (exact) mass is 366 g/mol. The number of amides is 2. The van der Waals surface area contributed by atoms with Crippen molar-refractivity contribution in [1.82, 2.24) is 4.90 Å². The van der Waals surface area contributed by atoms with Gasteiger partial charge in [-0.25, -0.2) is 0 Å². The van der Waals surface area contributed by atoms with Crippen LogP contribution >= 0.6 is 11.8 Å². The van der Waals surface area contributed by atoms with Crippen molar-refractivity contribution in [1.29, 1.82) is 0 Å². The van der Waals surface area contributed by atoms with Crippen molar-refractivity contribution in [3.05, 3.63) is 77.2 Å². The van der Waals surface area contributed by atoms with Crippen molar-refractivity contribution in [2.45, 2.75) is 0 Å². The Morgan fingerprint density at radius 3 is 2.50 bits per heavy atom. The first-order valence-corrected chi connectivity index (χ1v) is 8.84. The van der Waals surface area contributed by atoms with Crippen molar-refractivity contribution in [3.63, 3.8) is 0 Å².